The van der Waals surface area contributed by atoms with Crippen molar-refractivity contribution in [2.75, 3.05) is 11.1 Å². The van der Waals surface area contributed by atoms with E-state index in [1.54, 1.807) is 16.8 Å². The number of nitrogens with zero attached hydrogens (tertiary/aromatic N) is 1. The SMILES string of the molecule is Cc1ccc(Nc2ccc3scnc3c2N)cc1Cl. The zero-order chi connectivity index (χ0) is 13.4. The Hall–Kier alpha value is -1.78. The number of nitrogens with two attached hydrogens (primary N) is 1. The van der Waals surface area contributed by atoms with Crippen LogP contribution in [-0.2, 0) is 0 Å². The molecule has 0 aliphatic heterocycles. The van der Waals surface area contributed by atoms with Crippen molar-refractivity contribution in [3.63, 3.8) is 0 Å². The molecule has 5 heteroatoms. The lowest BCUT2D eigenvalue weighted by Gasteiger charge is -2.10. The number of hydrogen-bond donors (Lipinski definition) is 2. The fourth-order valence-corrected chi connectivity index (χ4v) is 2.76. The van der Waals surface area contributed by atoms with Gasteiger partial charge in [-0.1, -0.05) is 17.7 Å². The van der Waals surface area contributed by atoms with Crippen molar-refractivity contribution in [3.8, 4) is 0 Å². The molecule has 0 bridgehead atoms. The molecular weight excluding hydrogens is 278 g/mol. The van der Waals surface area contributed by atoms with Gasteiger partial charge in [0.05, 0.1) is 21.6 Å². The molecule has 0 saturated heterocycles. The minimum absolute atomic E-state index is 0.662. The Morgan fingerprint density at radius 2 is 2.11 bits per heavy atom. The molecule has 19 heavy (non-hydrogen) atoms. The summed E-state index contributed by atoms with van der Waals surface area (Å²) in [6, 6.07) is 9.82. The maximum Gasteiger partial charge on any atom is 0.106 e. The van der Waals surface area contributed by atoms with E-state index in [9.17, 15) is 0 Å². The standard InChI is InChI=1S/C14H12ClN3S/c1-8-2-3-9(6-10(8)15)18-11-4-5-12-14(13(11)16)17-7-19-12/h2-7,18H,16H2,1H3. The van der Waals surface area contributed by atoms with Crippen molar-refractivity contribution in [2.45, 2.75) is 6.92 Å². The first-order valence-corrected chi connectivity index (χ1v) is 7.06. The van der Waals surface area contributed by atoms with Crippen LogP contribution in [0.2, 0.25) is 5.02 Å². The topological polar surface area (TPSA) is 50.9 Å². The Bertz CT molecular complexity index is 752. The van der Waals surface area contributed by atoms with Gasteiger partial charge in [0.25, 0.3) is 0 Å². The van der Waals surface area contributed by atoms with E-state index in [2.05, 4.69) is 10.3 Å². The van der Waals surface area contributed by atoms with Gasteiger partial charge in [0, 0.05) is 10.7 Å². The molecule has 2 aromatic carbocycles. The molecule has 96 valence electrons. The fourth-order valence-electron chi connectivity index (χ4n) is 1.89. The maximum atomic E-state index is 6.13. The Kier molecular flexibility index (Phi) is 3.05. The number of anilines is 3. The summed E-state index contributed by atoms with van der Waals surface area (Å²) >= 11 is 7.70. The summed E-state index contributed by atoms with van der Waals surface area (Å²) in [6.45, 7) is 1.97. The quantitative estimate of drug-likeness (QED) is 0.679. The summed E-state index contributed by atoms with van der Waals surface area (Å²) in [5.41, 5.74) is 12.2. The zero-order valence-electron chi connectivity index (χ0n) is 10.3. The van der Waals surface area contributed by atoms with Gasteiger partial charge in [0.15, 0.2) is 0 Å². The van der Waals surface area contributed by atoms with E-state index in [1.807, 2.05) is 37.3 Å². The van der Waals surface area contributed by atoms with Gasteiger partial charge < -0.3 is 11.1 Å². The molecular formula is C14H12ClN3S. The number of fused-ring (bicyclic) bond motifs is 1. The largest absolute Gasteiger partial charge is 0.395 e. The van der Waals surface area contributed by atoms with Gasteiger partial charge in [0.1, 0.15) is 5.52 Å². The molecule has 0 saturated carbocycles. The number of nitrogen functional groups attached to an aromatic ring is 1. The van der Waals surface area contributed by atoms with Crippen LogP contribution in [0.25, 0.3) is 10.2 Å². The molecule has 3 nitrogen and oxygen atoms in total. The third-order valence-corrected chi connectivity index (χ3v) is 4.19. The summed E-state index contributed by atoms with van der Waals surface area (Å²) in [6.07, 6.45) is 0. The Balaban J connectivity index is 2.00. The average Bonchev–Trinajstić information content (AvgIpc) is 2.86. The van der Waals surface area contributed by atoms with Crippen LogP contribution in [0.4, 0.5) is 17.1 Å². The van der Waals surface area contributed by atoms with Crippen LogP contribution >= 0.6 is 22.9 Å². The summed E-state index contributed by atoms with van der Waals surface area (Å²) in [7, 11) is 0. The number of aryl methyl sites for hydroxylation is 1. The first kappa shape index (κ1) is 12.3. The third-order valence-electron chi connectivity index (χ3n) is 2.99. The minimum atomic E-state index is 0.662. The molecule has 0 fully saturated rings. The second-order valence-electron chi connectivity index (χ2n) is 4.31. The highest BCUT2D eigenvalue weighted by Gasteiger charge is 2.07. The number of nitrogens with one attached hydrogen (secondary N) is 1. The normalized spacial score (nSPS) is 10.8. The Labute approximate surface area is 120 Å². The predicted molar refractivity (Wildman–Crippen MR) is 83.5 cm³/mol. The first-order valence-electron chi connectivity index (χ1n) is 5.80. The molecule has 0 amide bonds. The molecule has 0 atom stereocenters. The number of rotatable bonds is 2. The van der Waals surface area contributed by atoms with Crippen molar-refractivity contribution < 1.29 is 0 Å². The lowest BCUT2D eigenvalue weighted by atomic mass is 10.2. The van der Waals surface area contributed by atoms with Crippen LogP contribution in [-0.4, -0.2) is 4.98 Å². The molecule has 0 aliphatic rings. The van der Waals surface area contributed by atoms with Gasteiger partial charge in [-0.2, -0.15) is 0 Å². The molecule has 3 N–H and O–H groups in total. The smallest absolute Gasteiger partial charge is 0.106 e. The van der Waals surface area contributed by atoms with E-state index in [4.69, 9.17) is 17.3 Å². The first-order chi connectivity index (χ1) is 9.15. The highest BCUT2D eigenvalue weighted by molar-refractivity contribution is 7.16. The van der Waals surface area contributed by atoms with Crippen molar-refractivity contribution in [2.24, 2.45) is 0 Å². The lowest BCUT2D eigenvalue weighted by molar-refractivity contribution is 1.45. The lowest BCUT2D eigenvalue weighted by Crippen LogP contribution is -1.97. The van der Waals surface area contributed by atoms with Crippen molar-refractivity contribution in [1.82, 2.24) is 4.98 Å². The van der Waals surface area contributed by atoms with E-state index in [1.165, 1.54) is 0 Å². The second kappa shape index (κ2) is 4.72. The van der Waals surface area contributed by atoms with Gasteiger partial charge in [-0.3, -0.25) is 0 Å². The van der Waals surface area contributed by atoms with Crippen LogP contribution in [0.5, 0.6) is 0 Å². The number of thiazole rings is 1. The number of hydrogen-bond acceptors (Lipinski definition) is 4. The highest BCUT2D eigenvalue weighted by atomic mass is 35.5. The highest BCUT2D eigenvalue weighted by Crippen LogP contribution is 2.32. The summed E-state index contributed by atoms with van der Waals surface area (Å²) in [4.78, 5) is 4.28. The predicted octanol–water partition coefficient (Wildman–Crippen LogP) is 4.58. The monoisotopic (exact) mass is 289 g/mol. The molecule has 1 heterocycles. The summed E-state index contributed by atoms with van der Waals surface area (Å²) in [5.74, 6) is 0. The molecule has 3 rings (SSSR count). The van der Waals surface area contributed by atoms with Gasteiger partial charge in [-0.05, 0) is 36.8 Å². The molecule has 0 spiro atoms. The van der Waals surface area contributed by atoms with Gasteiger partial charge in [0.2, 0.25) is 0 Å². The van der Waals surface area contributed by atoms with E-state index in [0.717, 1.165) is 32.2 Å². The van der Waals surface area contributed by atoms with Crippen LogP contribution in [0.3, 0.4) is 0 Å². The average molecular weight is 290 g/mol. The van der Waals surface area contributed by atoms with E-state index < -0.39 is 0 Å². The van der Waals surface area contributed by atoms with Gasteiger partial charge in [-0.25, -0.2) is 4.98 Å². The molecule has 0 unspecified atom stereocenters. The molecule has 0 radical (unpaired) electrons. The van der Waals surface area contributed by atoms with Gasteiger partial charge in [-0.15, -0.1) is 11.3 Å². The van der Waals surface area contributed by atoms with Crippen molar-refractivity contribution in [3.05, 3.63) is 46.4 Å². The Morgan fingerprint density at radius 3 is 2.89 bits per heavy atom. The molecule has 1 aromatic heterocycles. The van der Waals surface area contributed by atoms with Gasteiger partial charge >= 0.3 is 0 Å². The van der Waals surface area contributed by atoms with E-state index >= 15 is 0 Å². The fraction of sp³-hybridized carbons (Fsp3) is 0.0714. The number of aromatic nitrogens is 1. The number of halogens is 1. The van der Waals surface area contributed by atoms with Crippen LogP contribution in [0, 0.1) is 6.92 Å². The zero-order valence-corrected chi connectivity index (χ0v) is 11.8. The summed E-state index contributed by atoms with van der Waals surface area (Å²) in [5, 5.41) is 4.01. The second-order valence-corrected chi connectivity index (χ2v) is 5.61. The third kappa shape index (κ3) is 2.25. The van der Waals surface area contributed by atoms with E-state index in [-0.39, 0.29) is 0 Å². The number of benzene rings is 2. The Morgan fingerprint density at radius 1 is 1.26 bits per heavy atom. The van der Waals surface area contributed by atoms with Crippen LogP contribution < -0.4 is 11.1 Å². The molecule has 3 aromatic rings. The van der Waals surface area contributed by atoms with E-state index in [0.29, 0.717) is 5.69 Å². The maximum absolute atomic E-state index is 6.13. The summed E-state index contributed by atoms with van der Waals surface area (Å²) < 4.78 is 1.09. The van der Waals surface area contributed by atoms with Crippen molar-refractivity contribution in [1.29, 1.82) is 0 Å². The molecule has 0 aliphatic carbocycles. The van der Waals surface area contributed by atoms with Crippen LogP contribution in [0.15, 0.2) is 35.8 Å². The van der Waals surface area contributed by atoms with Crippen LogP contribution in [0.1, 0.15) is 5.56 Å². The minimum Gasteiger partial charge on any atom is -0.395 e. The van der Waals surface area contributed by atoms with Crippen molar-refractivity contribution >= 4 is 50.2 Å².